The lowest BCUT2D eigenvalue weighted by Gasteiger charge is -2.04. The molecule has 0 aliphatic heterocycles. The molecule has 0 aliphatic carbocycles. The van der Waals surface area contributed by atoms with Gasteiger partial charge in [0.05, 0.1) is 24.6 Å². The number of fused-ring (bicyclic) bond motifs is 1. The van der Waals surface area contributed by atoms with E-state index in [0.29, 0.717) is 16.6 Å². The quantitative estimate of drug-likeness (QED) is 0.536. The van der Waals surface area contributed by atoms with Crippen molar-refractivity contribution in [1.82, 2.24) is 19.3 Å². The molecule has 20 heavy (non-hydrogen) atoms. The number of rotatable bonds is 2. The van der Waals surface area contributed by atoms with Crippen LogP contribution in [0.3, 0.4) is 0 Å². The zero-order chi connectivity index (χ0) is 14.3. The fourth-order valence-electron chi connectivity index (χ4n) is 2.10. The third-order valence-corrected chi connectivity index (χ3v) is 3.19. The predicted octanol–water partition coefficient (Wildman–Crippen LogP) is 2.20. The number of hydrogen-bond acceptors (Lipinski definition) is 4. The average molecular weight is 291 g/mol. The van der Waals surface area contributed by atoms with Crippen LogP contribution in [0.15, 0.2) is 30.7 Å². The Bertz CT molecular complexity index is 806. The molecule has 0 amide bonds. The Hall–Kier alpha value is -2.34. The molecule has 7 heteroatoms. The predicted molar refractivity (Wildman–Crippen MR) is 74.2 cm³/mol. The smallest absolute Gasteiger partial charge is 0.338 e. The standard InChI is InChI=1S/C13H11ClN4O2/c1-17-7-8(6-15-17)18-4-3-9-10(13(19)20-2)5-11(14)16-12(9)18/h3-7H,1-2H3. The van der Waals surface area contributed by atoms with Gasteiger partial charge in [-0.05, 0) is 12.1 Å². The summed E-state index contributed by atoms with van der Waals surface area (Å²) in [6, 6.07) is 3.31. The molecule has 0 spiro atoms. The van der Waals surface area contributed by atoms with Crippen molar-refractivity contribution in [3.63, 3.8) is 0 Å². The molecule has 3 rings (SSSR count). The highest BCUT2D eigenvalue weighted by molar-refractivity contribution is 6.30. The first-order valence-electron chi connectivity index (χ1n) is 5.85. The van der Waals surface area contributed by atoms with E-state index in [4.69, 9.17) is 16.3 Å². The van der Waals surface area contributed by atoms with E-state index in [9.17, 15) is 4.79 Å². The minimum absolute atomic E-state index is 0.238. The van der Waals surface area contributed by atoms with Gasteiger partial charge in [-0.3, -0.25) is 9.25 Å². The lowest BCUT2D eigenvalue weighted by Crippen LogP contribution is -2.03. The summed E-state index contributed by atoms with van der Waals surface area (Å²) in [6.45, 7) is 0. The second-order valence-electron chi connectivity index (χ2n) is 4.28. The van der Waals surface area contributed by atoms with Gasteiger partial charge in [0.1, 0.15) is 10.8 Å². The number of aryl methyl sites for hydroxylation is 1. The summed E-state index contributed by atoms with van der Waals surface area (Å²) in [4.78, 5) is 16.1. The summed E-state index contributed by atoms with van der Waals surface area (Å²) in [5, 5.41) is 5.04. The molecule has 0 N–H and O–H groups in total. The van der Waals surface area contributed by atoms with Gasteiger partial charge < -0.3 is 4.74 Å². The lowest BCUT2D eigenvalue weighted by molar-refractivity contribution is 0.0603. The number of methoxy groups -OCH3 is 1. The molecule has 6 nitrogen and oxygen atoms in total. The number of hydrogen-bond donors (Lipinski definition) is 0. The third kappa shape index (κ3) is 1.94. The zero-order valence-electron chi connectivity index (χ0n) is 10.9. The normalized spacial score (nSPS) is 10.9. The van der Waals surface area contributed by atoms with Crippen molar-refractivity contribution in [1.29, 1.82) is 0 Å². The van der Waals surface area contributed by atoms with E-state index < -0.39 is 5.97 Å². The Kier molecular flexibility index (Phi) is 2.94. The van der Waals surface area contributed by atoms with Crippen LogP contribution in [0.25, 0.3) is 16.7 Å². The number of esters is 1. The van der Waals surface area contributed by atoms with E-state index in [0.717, 1.165) is 5.69 Å². The Morgan fingerprint density at radius 1 is 1.45 bits per heavy atom. The van der Waals surface area contributed by atoms with Gasteiger partial charge in [-0.2, -0.15) is 5.10 Å². The fourth-order valence-corrected chi connectivity index (χ4v) is 2.29. The third-order valence-electron chi connectivity index (χ3n) is 3.00. The van der Waals surface area contributed by atoms with Crippen molar-refractivity contribution in [3.05, 3.63) is 41.4 Å². The Morgan fingerprint density at radius 3 is 2.90 bits per heavy atom. The van der Waals surface area contributed by atoms with Crippen LogP contribution in [-0.4, -0.2) is 32.4 Å². The van der Waals surface area contributed by atoms with E-state index in [1.165, 1.54) is 13.2 Å². The second kappa shape index (κ2) is 4.64. The van der Waals surface area contributed by atoms with Gasteiger partial charge in [-0.25, -0.2) is 9.78 Å². The van der Waals surface area contributed by atoms with Crippen LogP contribution in [0, 0.1) is 0 Å². The van der Waals surface area contributed by atoms with Gasteiger partial charge in [0.2, 0.25) is 0 Å². The Balaban J connectivity index is 2.27. The fraction of sp³-hybridized carbons (Fsp3) is 0.154. The molecule has 0 fully saturated rings. The highest BCUT2D eigenvalue weighted by atomic mass is 35.5. The maximum absolute atomic E-state index is 11.8. The van der Waals surface area contributed by atoms with Gasteiger partial charge in [0.25, 0.3) is 0 Å². The molecular formula is C13H11ClN4O2. The SMILES string of the molecule is COC(=O)c1cc(Cl)nc2c1ccn2-c1cnn(C)c1. The van der Waals surface area contributed by atoms with Crippen molar-refractivity contribution < 1.29 is 9.53 Å². The van der Waals surface area contributed by atoms with Gasteiger partial charge in [0, 0.05) is 24.8 Å². The Labute approximate surface area is 119 Å². The first-order chi connectivity index (χ1) is 9.60. The number of carbonyl (C=O) groups excluding carboxylic acids is 1. The first kappa shape index (κ1) is 12.7. The summed E-state index contributed by atoms with van der Waals surface area (Å²) in [5.74, 6) is -0.441. The Morgan fingerprint density at radius 2 is 2.25 bits per heavy atom. The molecule has 3 aromatic rings. The number of carbonyl (C=O) groups is 1. The maximum atomic E-state index is 11.8. The molecule has 0 atom stereocenters. The molecule has 102 valence electrons. The number of aromatic nitrogens is 4. The molecule has 0 aliphatic rings. The highest BCUT2D eigenvalue weighted by Gasteiger charge is 2.16. The van der Waals surface area contributed by atoms with Crippen molar-refractivity contribution in [2.75, 3.05) is 7.11 Å². The molecule has 0 bridgehead atoms. The first-order valence-corrected chi connectivity index (χ1v) is 6.23. The van der Waals surface area contributed by atoms with Crippen LogP contribution in [0.2, 0.25) is 5.15 Å². The monoisotopic (exact) mass is 290 g/mol. The topological polar surface area (TPSA) is 61.9 Å². The molecular weight excluding hydrogens is 280 g/mol. The van der Waals surface area contributed by atoms with Crippen LogP contribution in [-0.2, 0) is 11.8 Å². The number of nitrogens with zero attached hydrogens (tertiary/aromatic N) is 4. The van der Waals surface area contributed by atoms with Crippen LogP contribution >= 0.6 is 11.6 Å². The summed E-state index contributed by atoms with van der Waals surface area (Å²) in [7, 11) is 3.16. The summed E-state index contributed by atoms with van der Waals surface area (Å²) >= 11 is 5.99. The molecule has 0 unspecified atom stereocenters. The van der Waals surface area contributed by atoms with Crippen molar-refractivity contribution in [2.24, 2.45) is 7.05 Å². The average Bonchev–Trinajstić information content (AvgIpc) is 3.02. The summed E-state index contributed by atoms with van der Waals surface area (Å²) < 4.78 is 8.27. The van der Waals surface area contributed by atoms with Crippen LogP contribution in [0.4, 0.5) is 0 Å². The minimum atomic E-state index is -0.441. The van der Waals surface area contributed by atoms with Crippen LogP contribution < -0.4 is 0 Å². The van der Waals surface area contributed by atoms with E-state index in [1.807, 2.05) is 24.0 Å². The van der Waals surface area contributed by atoms with Gasteiger partial charge >= 0.3 is 5.97 Å². The molecule has 0 aromatic carbocycles. The number of pyridine rings is 1. The number of ether oxygens (including phenoxy) is 1. The minimum Gasteiger partial charge on any atom is -0.465 e. The number of halogens is 1. The van der Waals surface area contributed by atoms with E-state index in [2.05, 4.69) is 10.1 Å². The van der Waals surface area contributed by atoms with Crippen molar-refractivity contribution >= 4 is 28.6 Å². The van der Waals surface area contributed by atoms with Gasteiger partial charge in [0.15, 0.2) is 0 Å². The molecule has 0 radical (unpaired) electrons. The zero-order valence-corrected chi connectivity index (χ0v) is 11.6. The molecule has 0 saturated heterocycles. The van der Waals surface area contributed by atoms with E-state index >= 15 is 0 Å². The second-order valence-corrected chi connectivity index (χ2v) is 4.67. The van der Waals surface area contributed by atoms with Crippen molar-refractivity contribution in [3.8, 4) is 5.69 Å². The van der Waals surface area contributed by atoms with Gasteiger partial charge in [-0.15, -0.1) is 0 Å². The van der Waals surface area contributed by atoms with Crippen LogP contribution in [0.5, 0.6) is 0 Å². The highest BCUT2D eigenvalue weighted by Crippen LogP contribution is 2.25. The largest absolute Gasteiger partial charge is 0.465 e. The van der Waals surface area contributed by atoms with E-state index in [-0.39, 0.29) is 5.15 Å². The maximum Gasteiger partial charge on any atom is 0.338 e. The lowest BCUT2D eigenvalue weighted by atomic mass is 10.2. The summed E-state index contributed by atoms with van der Waals surface area (Å²) in [5.41, 5.74) is 1.82. The molecule has 3 heterocycles. The molecule has 3 aromatic heterocycles. The van der Waals surface area contributed by atoms with E-state index in [1.54, 1.807) is 16.9 Å². The van der Waals surface area contributed by atoms with Crippen molar-refractivity contribution in [2.45, 2.75) is 0 Å². The van der Waals surface area contributed by atoms with Crippen LogP contribution in [0.1, 0.15) is 10.4 Å². The summed E-state index contributed by atoms with van der Waals surface area (Å²) in [6.07, 6.45) is 5.37. The molecule has 0 saturated carbocycles. The van der Waals surface area contributed by atoms with Gasteiger partial charge in [-0.1, -0.05) is 11.6 Å².